The first kappa shape index (κ1) is 19.2. The molecule has 1 aliphatic heterocycles. The molecular formula is C21H19NO6. The van der Waals surface area contributed by atoms with Crippen molar-refractivity contribution in [3.63, 3.8) is 0 Å². The number of amides is 2. The molecule has 0 fully saturated rings. The zero-order valence-electron chi connectivity index (χ0n) is 15.5. The van der Waals surface area contributed by atoms with Crippen LogP contribution in [0.15, 0.2) is 54.3 Å². The zero-order valence-corrected chi connectivity index (χ0v) is 15.5. The van der Waals surface area contributed by atoms with E-state index in [1.807, 2.05) is 6.92 Å². The average molecular weight is 381 g/mol. The van der Waals surface area contributed by atoms with Gasteiger partial charge in [0.1, 0.15) is 5.75 Å². The van der Waals surface area contributed by atoms with E-state index in [9.17, 15) is 19.5 Å². The van der Waals surface area contributed by atoms with Crippen molar-refractivity contribution < 1.29 is 29.0 Å². The number of hydrogen-bond acceptors (Lipinski definition) is 6. The van der Waals surface area contributed by atoms with Gasteiger partial charge in [-0.2, -0.15) is 0 Å². The van der Waals surface area contributed by atoms with E-state index in [-0.39, 0.29) is 11.3 Å². The minimum absolute atomic E-state index is 0.131. The summed E-state index contributed by atoms with van der Waals surface area (Å²) in [6.45, 7) is 2.20. The van der Waals surface area contributed by atoms with Crippen LogP contribution in [0, 0.1) is 0 Å². The van der Waals surface area contributed by atoms with E-state index >= 15 is 0 Å². The van der Waals surface area contributed by atoms with Gasteiger partial charge >= 0.3 is 11.9 Å². The van der Waals surface area contributed by atoms with Gasteiger partial charge in [0.25, 0.3) is 5.91 Å². The van der Waals surface area contributed by atoms with Gasteiger partial charge < -0.3 is 14.6 Å². The molecule has 7 nitrogen and oxygen atoms in total. The first-order chi connectivity index (χ1) is 13.5. The molecule has 3 rings (SSSR count). The summed E-state index contributed by atoms with van der Waals surface area (Å²) >= 11 is 0. The molecule has 2 amide bonds. The molecule has 2 aromatic rings. The number of benzene rings is 2. The molecule has 0 saturated heterocycles. The predicted molar refractivity (Wildman–Crippen MR) is 102 cm³/mol. The largest absolute Gasteiger partial charge is 0.502 e. The van der Waals surface area contributed by atoms with Crippen LogP contribution in [0.25, 0.3) is 5.57 Å². The summed E-state index contributed by atoms with van der Waals surface area (Å²) < 4.78 is 10.3. The van der Waals surface area contributed by atoms with E-state index in [0.717, 1.165) is 4.90 Å². The van der Waals surface area contributed by atoms with Crippen LogP contribution in [0.4, 0.5) is 5.69 Å². The van der Waals surface area contributed by atoms with Crippen molar-refractivity contribution in [2.24, 2.45) is 0 Å². The van der Waals surface area contributed by atoms with Gasteiger partial charge in [-0.1, -0.05) is 25.1 Å². The summed E-state index contributed by atoms with van der Waals surface area (Å²) in [5.41, 5.74) is 0.730. The number of imide groups is 1. The minimum Gasteiger partial charge on any atom is -0.502 e. The molecule has 144 valence electrons. The molecule has 1 heterocycles. The fraction of sp³-hybridized carbons (Fsp3) is 0.190. The van der Waals surface area contributed by atoms with Gasteiger partial charge in [0.2, 0.25) is 0 Å². The molecule has 0 spiro atoms. The smallest absolute Gasteiger partial charge is 0.338 e. The van der Waals surface area contributed by atoms with E-state index in [2.05, 4.69) is 0 Å². The summed E-state index contributed by atoms with van der Waals surface area (Å²) in [4.78, 5) is 38.2. The number of ether oxygens (including phenoxy) is 2. The summed E-state index contributed by atoms with van der Waals surface area (Å²) in [6.07, 6.45) is 0.706. The Morgan fingerprint density at radius 1 is 1.04 bits per heavy atom. The van der Waals surface area contributed by atoms with Gasteiger partial charge in [0.05, 0.1) is 30.5 Å². The Balaban J connectivity index is 1.90. The average Bonchev–Trinajstić information content (AvgIpc) is 2.94. The second-order valence-electron chi connectivity index (χ2n) is 6.05. The fourth-order valence-electron chi connectivity index (χ4n) is 2.87. The van der Waals surface area contributed by atoms with Crippen LogP contribution in [0.5, 0.6) is 5.75 Å². The number of rotatable bonds is 6. The number of anilines is 1. The summed E-state index contributed by atoms with van der Waals surface area (Å²) in [5.74, 6) is -2.29. The Bertz CT molecular complexity index is 961. The molecular weight excluding hydrogens is 362 g/mol. The lowest BCUT2D eigenvalue weighted by molar-refractivity contribution is -0.121. The van der Waals surface area contributed by atoms with Crippen LogP contribution in [0.2, 0.25) is 0 Å². The Morgan fingerprint density at radius 3 is 2.36 bits per heavy atom. The maximum atomic E-state index is 12.9. The number of nitrogens with zero attached hydrogens (tertiary/aromatic N) is 1. The molecule has 2 aromatic carbocycles. The third-order valence-corrected chi connectivity index (χ3v) is 4.23. The number of methoxy groups -OCH3 is 1. The van der Waals surface area contributed by atoms with Gasteiger partial charge in [-0.05, 0) is 36.8 Å². The Labute approximate surface area is 161 Å². The quantitative estimate of drug-likeness (QED) is 0.610. The van der Waals surface area contributed by atoms with Crippen molar-refractivity contribution in [2.45, 2.75) is 13.3 Å². The minimum atomic E-state index is -0.841. The highest BCUT2D eigenvalue weighted by Gasteiger charge is 2.41. The lowest BCUT2D eigenvalue weighted by atomic mass is 10.0. The van der Waals surface area contributed by atoms with Gasteiger partial charge in [0, 0.05) is 5.56 Å². The first-order valence-electron chi connectivity index (χ1n) is 8.72. The zero-order chi connectivity index (χ0) is 20.3. The monoisotopic (exact) mass is 381 g/mol. The van der Waals surface area contributed by atoms with E-state index in [1.165, 1.54) is 31.4 Å². The van der Waals surface area contributed by atoms with Crippen molar-refractivity contribution in [3.05, 3.63) is 65.4 Å². The van der Waals surface area contributed by atoms with Gasteiger partial charge in [-0.15, -0.1) is 0 Å². The molecule has 28 heavy (non-hydrogen) atoms. The van der Waals surface area contributed by atoms with Crippen LogP contribution < -0.4 is 9.64 Å². The molecule has 7 heteroatoms. The van der Waals surface area contributed by atoms with Crippen LogP contribution >= 0.6 is 0 Å². The first-order valence-corrected chi connectivity index (χ1v) is 8.72. The second kappa shape index (κ2) is 7.96. The molecule has 0 radical (unpaired) electrons. The highest BCUT2D eigenvalue weighted by Crippen LogP contribution is 2.35. The number of hydrogen-bond donors (Lipinski definition) is 1. The Morgan fingerprint density at radius 2 is 1.71 bits per heavy atom. The van der Waals surface area contributed by atoms with E-state index in [1.54, 1.807) is 24.3 Å². The predicted octanol–water partition coefficient (Wildman–Crippen LogP) is 3.10. The highest BCUT2D eigenvalue weighted by molar-refractivity contribution is 6.45. The number of carbonyl (C=O) groups is 3. The standard InChI is InChI=1S/C21H19NO6/c1-3-12-28-21(26)13-8-10-14(11-9-13)22-19(24)17(18(23)20(22)25)15-6-4-5-7-16(15)27-2/h4-11,23H,3,12H2,1-2H3. The van der Waals surface area contributed by atoms with Gasteiger partial charge in [0.15, 0.2) is 5.76 Å². The van der Waals surface area contributed by atoms with Crippen molar-refractivity contribution in [2.75, 3.05) is 18.6 Å². The summed E-state index contributed by atoms with van der Waals surface area (Å²) in [5, 5.41) is 10.3. The van der Waals surface area contributed by atoms with E-state index in [0.29, 0.717) is 29.9 Å². The van der Waals surface area contributed by atoms with E-state index in [4.69, 9.17) is 9.47 Å². The SMILES string of the molecule is CCCOC(=O)c1ccc(N2C(=O)C(O)=C(c3ccccc3OC)C2=O)cc1. The fourth-order valence-corrected chi connectivity index (χ4v) is 2.87. The number of esters is 1. The van der Waals surface area contributed by atoms with Gasteiger partial charge in [-0.3, -0.25) is 9.59 Å². The topological polar surface area (TPSA) is 93.1 Å². The van der Waals surface area contributed by atoms with Crippen molar-refractivity contribution in [3.8, 4) is 5.75 Å². The summed E-state index contributed by atoms with van der Waals surface area (Å²) in [6, 6.07) is 12.5. The molecule has 0 atom stereocenters. The number of aliphatic hydroxyl groups excluding tert-OH is 1. The number of aliphatic hydroxyl groups is 1. The molecule has 0 aliphatic carbocycles. The third-order valence-electron chi connectivity index (χ3n) is 4.23. The van der Waals surface area contributed by atoms with Crippen molar-refractivity contribution in [1.82, 2.24) is 0 Å². The van der Waals surface area contributed by atoms with Gasteiger partial charge in [-0.25, -0.2) is 9.69 Å². The lowest BCUT2D eigenvalue weighted by Gasteiger charge is -2.15. The highest BCUT2D eigenvalue weighted by atomic mass is 16.5. The second-order valence-corrected chi connectivity index (χ2v) is 6.05. The number of carbonyl (C=O) groups excluding carboxylic acids is 3. The van der Waals surface area contributed by atoms with Crippen molar-refractivity contribution >= 4 is 29.0 Å². The summed E-state index contributed by atoms with van der Waals surface area (Å²) in [7, 11) is 1.44. The van der Waals surface area contributed by atoms with Crippen LogP contribution in [0.1, 0.15) is 29.3 Å². The third kappa shape index (κ3) is 3.34. The molecule has 0 aromatic heterocycles. The maximum Gasteiger partial charge on any atom is 0.338 e. The molecule has 0 saturated carbocycles. The normalized spacial score (nSPS) is 13.9. The lowest BCUT2D eigenvalue weighted by Crippen LogP contribution is -2.31. The maximum absolute atomic E-state index is 12.9. The molecule has 0 bridgehead atoms. The Hall–Kier alpha value is -3.61. The van der Waals surface area contributed by atoms with Crippen LogP contribution in [0.3, 0.4) is 0 Å². The molecule has 1 aliphatic rings. The number of para-hydroxylation sites is 1. The van der Waals surface area contributed by atoms with Crippen LogP contribution in [-0.4, -0.2) is 36.6 Å². The van der Waals surface area contributed by atoms with Crippen LogP contribution in [-0.2, 0) is 14.3 Å². The van der Waals surface area contributed by atoms with Crippen molar-refractivity contribution in [1.29, 1.82) is 0 Å². The molecule has 1 N–H and O–H groups in total. The van der Waals surface area contributed by atoms with E-state index < -0.39 is 23.5 Å². The molecule has 0 unspecified atom stereocenters. The Kier molecular flexibility index (Phi) is 5.44.